The van der Waals surface area contributed by atoms with Crippen LogP contribution < -0.4 is 0 Å². The summed E-state index contributed by atoms with van der Waals surface area (Å²) in [5.41, 5.74) is -0.0882. The molecule has 1 aliphatic carbocycles. The third-order valence-corrected chi connectivity index (χ3v) is 4.93. The zero-order chi connectivity index (χ0) is 15.4. The second-order valence-electron chi connectivity index (χ2n) is 5.69. The molecule has 118 valence electrons. The standard InChI is InChI=1S/C16H21BrF2O2/c1-21-16(10-5-3-2-4-6-10)14(20)9-11-13(18)8-7-12(17)15(11)19/h7-8,10,14,16,20H,2-6,9H2,1H3. The Hall–Kier alpha value is -0.520. The Morgan fingerprint density at radius 2 is 1.95 bits per heavy atom. The van der Waals surface area contributed by atoms with Crippen molar-refractivity contribution >= 4 is 15.9 Å². The SMILES string of the molecule is COC(C(O)Cc1c(F)ccc(Br)c1F)C1CCCCC1. The van der Waals surface area contributed by atoms with Gasteiger partial charge in [0, 0.05) is 19.1 Å². The minimum Gasteiger partial charge on any atom is -0.390 e. The Kier molecular flexibility index (Phi) is 6.14. The van der Waals surface area contributed by atoms with Crippen LogP contribution in [0.5, 0.6) is 0 Å². The normalized spacial score (nSPS) is 19.5. The van der Waals surface area contributed by atoms with Gasteiger partial charge in [-0.25, -0.2) is 8.78 Å². The highest BCUT2D eigenvalue weighted by Gasteiger charge is 2.31. The minimum atomic E-state index is -0.906. The highest BCUT2D eigenvalue weighted by Crippen LogP contribution is 2.31. The van der Waals surface area contributed by atoms with Gasteiger partial charge in [-0.05, 0) is 46.8 Å². The van der Waals surface area contributed by atoms with Crippen molar-refractivity contribution < 1.29 is 18.6 Å². The highest BCUT2D eigenvalue weighted by molar-refractivity contribution is 9.10. The van der Waals surface area contributed by atoms with Gasteiger partial charge in [-0.15, -0.1) is 0 Å². The van der Waals surface area contributed by atoms with Crippen LogP contribution in [0.25, 0.3) is 0 Å². The average molecular weight is 363 g/mol. The predicted octanol–water partition coefficient (Wildman–Crippen LogP) is 4.23. The van der Waals surface area contributed by atoms with E-state index >= 15 is 0 Å². The fourth-order valence-corrected chi connectivity index (χ4v) is 3.58. The summed E-state index contributed by atoms with van der Waals surface area (Å²) in [6.45, 7) is 0. The molecule has 1 aromatic rings. The van der Waals surface area contributed by atoms with Crippen molar-refractivity contribution in [1.29, 1.82) is 0 Å². The fourth-order valence-electron chi connectivity index (χ4n) is 3.21. The molecular formula is C16H21BrF2O2. The van der Waals surface area contributed by atoms with Crippen LogP contribution in [-0.4, -0.2) is 24.4 Å². The third-order valence-electron chi connectivity index (χ3n) is 4.32. The van der Waals surface area contributed by atoms with Crippen molar-refractivity contribution in [3.05, 3.63) is 33.8 Å². The lowest BCUT2D eigenvalue weighted by molar-refractivity contribution is -0.0540. The molecule has 0 amide bonds. The van der Waals surface area contributed by atoms with Crippen molar-refractivity contribution in [1.82, 2.24) is 0 Å². The maximum atomic E-state index is 14.0. The lowest BCUT2D eigenvalue weighted by Crippen LogP contribution is -2.38. The summed E-state index contributed by atoms with van der Waals surface area (Å²) in [4.78, 5) is 0. The maximum Gasteiger partial charge on any atom is 0.143 e. The van der Waals surface area contributed by atoms with Gasteiger partial charge in [0.25, 0.3) is 0 Å². The van der Waals surface area contributed by atoms with Gasteiger partial charge in [0.2, 0.25) is 0 Å². The molecule has 0 spiro atoms. The summed E-state index contributed by atoms with van der Waals surface area (Å²) in [6, 6.07) is 2.53. The molecule has 2 nitrogen and oxygen atoms in total. The lowest BCUT2D eigenvalue weighted by atomic mass is 9.82. The maximum absolute atomic E-state index is 14.0. The van der Waals surface area contributed by atoms with Gasteiger partial charge < -0.3 is 9.84 Å². The van der Waals surface area contributed by atoms with Crippen LogP contribution in [0.4, 0.5) is 8.78 Å². The summed E-state index contributed by atoms with van der Waals surface area (Å²) >= 11 is 3.05. The second kappa shape index (κ2) is 7.65. The lowest BCUT2D eigenvalue weighted by Gasteiger charge is -2.32. The molecular weight excluding hydrogens is 342 g/mol. The molecule has 1 fully saturated rings. The van der Waals surface area contributed by atoms with Gasteiger partial charge in [-0.1, -0.05) is 19.3 Å². The first-order valence-corrected chi connectivity index (χ1v) is 8.17. The Morgan fingerprint density at radius 3 is 2.57 bits per heavy atom. The largest absolute Gasteiger partial charge is 0.390 e. The van der Waals surface area contributed by atoms with E-state index in [1.54, 1.807) is 7.11 Å². The highest BCUT2D eigenvalue weighted by atomic mass is 79.9. The molecule has 2 unspecified atom stereocenters. The summed E-state index contributed by atoms with van der Waals surface area (Å²) in [7, 11) is 1.55. The molecule has 0 bridgehead atoms. The molecule has 1 saturated carbocycles. The quantitative estimate of drug-likeness (QED) is 0.794. The van der Waals surface area contributed by atoms with E-state index in [4.69, 9.17) is 4.74 Å². The molecule has 0 radical (unpaired) electrons. The number of ether oxygens (including phenoxy) is 1. The van der Waals surface area contributed by atoms with Crippen LogP contribution >= 0.6 is 15.9 Å². The molecule has 2 atom stereocenters. The minimum absolute atomic E-state index is 0.0773. The number of hydrogen-bond donors (Lipinski definition) is 1. The van der Waals surface area contributed by atoms with Gasteiger partial charge in [0.05, 0.1) is 16.7 Å². The smallest absolute Gasteiger partial charge is 0.143 e. The van der Waals surface area contributed by atoms with Gasteiger partial charge >= 0.3 is 0 Å². The van der Waals surface area contributed by atoms with Crippen LogP contribution in [0.3, 0.4) is 0 Å². The first-order chi connectivity index (χ1) is 10.0. The topological polar surface area (TPSA) is 29.5 Å². The number of halogens is 3. The predicted molar refractivity (Wildman–Crippen MR) is 81.1 cm³/mol. The van der Waals surface area contributed by atoms with Gasteiger partial charge in [-0.3, -0.25) is 0 Å². The molecule has 2 rings (SSSR count). The summed E-state index contributed by atoms with van der Waals surface area (Å²) in [5.74, 6) is -1.02. The van der Waals surface area contributed by atoms with Crippen molar-refractivity contribution in [2.45, 2.75) is 50.7 Å². The third kappa shape index (κ3) is 4.02. The molecule has 1 N–H and O–H groups in total. The first-order valence-electron chi connectivity index (χ1n) is 7.37. The number of rotatable bonds is 5. The van der Waals surface area contributed by atoms with E-state index < -0.39 is 17.7 Å². The van der Waals surface area contributed by atoms with E-state index in [-0.39, 0.29) is 28.5 Å². The van der Waals surface area contributed by atoms with Crippen molar-refractivity contribution in [2.24, 2.45) is 5.92 Å². The zero-order valence-corrected chi connectivity index (χ0v) is 13.7. The summed E-state index contributed by atoms with van der Waals surface area (Å²) in [6.07, 6.45) is 4.09. The van der Waals surface area contributed by atoms with Crippen molar-refractivity contribution in [3.63, 3.8) is 0 Å². The molecule has 1 aliphatic rings. The van der Waals surface area contributed by atoms with E-state index in [1.165, 1.54) is 18.6 Å². The summed E-state index contributed by atoms with van der Waals surface area (Å²) < 4.78 is 33.4. The Labute approximate surface area is 132 Å². The molecule has 1 aromatic carbocycles. The van der Waals surface area contributed by atoms with Crippen LogP contribution in [0.1, 0.15) is 37.7 Å². The Bertz CT molecular complexity index is 476. The fraction of sp³-hybridized carbons (Fsp3) is 0.625. The second-order valence-corrected chi connectivity index (χ2v) is 6.55. The Balaban J connectivity index is 2.12. The molecule has 0 saturated heterocycles. The van der Waals surface area contributed by atoms with Gasteiger partial charge in [0.1, 0.15) is 11.6 Å². The molecule has 0 aromatic heterocycles. The first kappa shape index (κ1) is 16.8. The van der Waals surface area contributed by atoms with Gasteiger partial charge in [-0.2, -0.15) is 0 Å². The van der Waals surface area contributed by atoms with E-state index in [0.29, 0.717) is 0 Å². The van der Waals surface area contributed by atoms with Crippen LogP contribution in [0.2, 0.25) is 0 Å². The number of aliphatic hydroxyl groups excluding tert-OH is 1. The molecule has 21 heavy (non-hydrogen) atoms. The number of aliphatic hydroxyl groups is 1. The molecule has 0 aliphatic heterocycles. The van der Waals surface area contributed by atoms with Crippen LogP contribution in [-0.2, 0) is 11.2 Å². The number of methoxy groups -OCH3 is 1. The van der Waals surface area contributed by atoms with Crippen LogP contribution in [0.15, 0.2) is 16.6 Å². The van der Waals surface area contributed by atoms with E-state index in [9.17, 15) is 13.9 Å². The number of hydrogen-bond acceptors (Lipinski definition) is 2. The molecule has 0 heterocycles. The van der Waals surface area contributed by atoms with Gasteiger partial charge in [0.15, 0.2) is 0 Å². The number of benzene rings is 1. The van der Waals surface area contributed by atoms with Crippen molar-refractivity contribution in [3.8, 4) is 0 Å². The van der Waals surface area contributed by atoms with E-state index in [1.807, 2.05) is 0 Å². The summed E-state index contributed by atoms with van der Waals surface area (Å²) in [5, 5.41) is 10.4. The monoisotopic (exact) mass is 362 g/mol. The van der Waals surface area contributed by atoms with Crippen LogP contribution in [0, 0.1) is 17.6 Å². The Morgan fingerprint density at radius 1 is 1.29 bits per heavy atom. The zero-order valence-electron chi connectivity index (χ0n) is 12.1. The van der Waals surface area contributed by atoms with E-state index in [2.05, 4.69) is 15.9 Å². The molecule has 5 heteroatoms. The average Bonchev–Trinajstić information content (AvgIpc) is 2.49. The van der Waals surface area contributed by atoms with E-state index in [0.717, 1.165) is 25.7 Å². The van der Waals surface area contributed by atoms with Crippen molar-refractivity contribution in [2.75, 3.05) is 7.11 Å².